The summed E-state index contributed by atoms with van der Waals surface area (Å²) in [6.45, 7) is 14.6. The number of piperidine rings is 1. The number of carbonyl (C=O) groups excluding carboxylic acids is 1. The van der Waals surface area contributed by atoms with Crippen molar-refractivity contribution in [2.24, 2.45) is 0 Å². The quantitative estimate of drug-likeness (QED) is 0.520. The summed E-state index contributed by atoms with van der Waals surface area (Å²) in [5.74, 6) is 1.19. The van der Waals surface area contributed by atoms with Gasteiger partial charge in [0.25, 0.3) is 0 Å². The predicted octanol–water partition coefficient (Wildman–Crippen LogP) is 6.69. The van der Waals surface area contributed by atoms with Crippen LogP contribution in [-0.2, 0) is 4.79 Å². The van der Waals surface area contributed by atoms with Crippen LogP contribution in [0.15, 0.2) is 59.7 Å². The number of rotatable bonds is 5. The molecule has 0 unspecified atom stereocenters. The Morgan fingerprint density at radius 3 is 1.33 bits per heavy atom. The Kier molecular flexibility index (Phi) is 7.10. The molecule has 2 heteroatoms. The highest BCUT2D eigenvalue weighted by Crippen LogP contribution is 2.25. The molecule has 1 heterocycles. The number of nitrogens with zero attached hydrogens (tertiary/aromatic N) is 1. The molecule has 0 saturated carbocycles. The van der Waals surface area contributed by atoms with Gasteiger partial charge in [-0.25, -0.2) is 0 Å². The molecule has 1 aliphatic heterocycles. The summed E-state index contributed by atoms with van der Waals surface area (Å²) in [6.07, 6.45) is 4.13. The smallest absolute Gasteiger partial charge is 0.187 e. The van der Waals surface area contributed by atoms with E-state index >= 15 is 0 Å². The van der Waals surface area contributed by atoms with Crippen LogP contribution in [0.2, 0.25) is 0 Å². The Bertz CT molecular complexity index is 854. The molecule has 0 N–H and O–H groups in total. The second-order valence-electron chi connectivity index (χ2n) is 9.31. The fraction of sp³-hybridized carbons (Fsp3) is 0.393. The molecule has 1 fully saturated rings. The van der Waals surface area contributed by atoms with E-state index in [4.69, 9.17) is 0 Å². The van der Waals surface area contributed by atoms with Gasteiger partial charge in [0, 0.05) is 30.3 Å². The first-order valence-electron chi connectivity index (χ1n) is 11.1. The van der Waals surface area contributed by atoms with E-state index in [9.17, 15) is 4.79 Å². The number of benzene rings is 2. The van der Waals surface area contributed by atoms with E-state index in [2.05, 4.69) is 107 Å². The van der Waals surface area contributed by atoms with Crippen LogP contribution < -0.4 is 0 Å². The van der Waals surface area contributed by atoms with E-state index in [1.165, 1.54) is 11.1 Å². The third-order valence-corrected chi connectivity index (χ3v) is 5.95. The topological polar surface area (TPSA) is 20.3 Å². The van der Waals surface area contributed by atoms with Crippen molar-refractivity contribution in [2.45, 2.75) is 59.4 Å². The van der Waals surface area contributed by atoms with Crippen LogP contribution >= 0.6 is 0 Å². The first-order valence-corrected chi connectivity index (χ1v) is 11.1. The normalized spacial score (nSPS) is 18.4. The minimum absolute atomic E-state index is 0.174. The number of ketones is 1. The van der Waals surface area contributed by atoms with E-state index in [-0.39, 0.29) is 5.78 Å². The van der Waals surface area contributed by atoms with Crippen molar-refractivity contribution in [1.82, 2.24) is 4.90 Å². The zero-order valence-electron chi connectivity index (χ0n) is 19.3. The molecule has 1 saturated heterocycles. The maximum absolute atomic E-state index is 13.3. The molecule has 3 rings (SSSR count). The maximum Gasteiger partial charge on any atom is 0.187 e. The fourth-order valence-electron chi connectivity index (χ4n) is 3.79. The number of carbonyl (C=O) groups is 1. The van der Waals surface area contributed by atoms with Gasteiger partial charge in [-0.05, 0) is 60.1 Å². The molecule has 2 aromatic carbocycles. The van der Waals surface area contributed by atoms with Crippen molar-refractivity contribution in [2.75, 3.05) is 13.1 Å². The Morgan fingerprint density at radius 2 is 1.03 bits per heavy atom. The Morgan fingerprint density at radius 1 is 0.667 bits per heavy atom. The molecule has 0 spiro atoms. The third kappa shape index (κ3) is 5.37. The van der Waals surface area contributed by atoms with E-state index < -0.39 is 0 Å². The maximum atomic E-state index is 13.3. The second kappa shape index (κ2) is 9.57. The van der Waals surface area contributed by atoms with Crippen molar-refractivity contribution in [3.05, 3.63) is 81.9 Å². The van der Waals surface area contributed by atoms with Crippen LogP contribution in [-0.4, -0.2) is 29.8 Å². The van der Waals surface area contributed by atoms with Gasteiger partial charge in [0.1, 0.15) is 0 Å². The SMILES string of the molecule is CC(C)c1ccc(C=C2CN(C(C)C)CC(=Cc3ccc(C(C)C)cc3)C2=O)cc1. The van der Waals surface area contributed by atoms with Crippen LogP contribution in [0.4, 0.5) is 0 Å². The summed E-state index contributed by atoms with van der Waals surface area (Å²) in [6, 6.07) is 17.5. The summed E-state index contributed by atoms with van der Waals surface area (Å²) in [5.41, 5.74) is 6.57. The minimum Gasteiger partial charge on any atom is -0.292 e. The zero-order valence-corrected chi connectivity index (χ0v) is 19.3. The van der Waals surface area contributed by atoms with Crippen molar-refractivity contribution in [3.63, 3.8) is 0 Å². The minimum atomic E-state index is 0.174. The molecule has 0 aliphatic carbocycles. The summed E-state index contributed by atoms with van der Waals surface area (Å²) >= 11 is 0. The van der Waals surface area contributed by atoms with Gasteiger partial charge in [-0.1, -0.05) is 76.2 Å². The molecule has 1 aliphatic rings. The van der Waals surface area contributed by atoms with Crippen LogP contribution in [0.25, 0.3) is 12.2 Å². The Labute approximate surface area is 182 Å². The Hall–Kier alpha value is -2.45. The van der Waals surface area contributed by atoms with Crippen molar-refractivity contribution < 1.29 is 4.79 Å². The molecule has 0 radical (unpaired) electrons. The average molecular weight is 402 g/mol. The lowest BCUT2D eigenvalue weighted by Gasteiger charge is -2.32. The fourth-order valence-corrected chi connectivity index (χ4v) is 3.79. The number of hydrogen-bond donors (Lipinski definition) is 0. The highest BCUT2D eigenvalue weighted by atomic mass is 16.1. The van der Waals surface area contributed by atoms with Gasteiger partial charge in [-0.3, -0.25) is 9.69 Å². The largest absolute Gasteiger partial charge is 0.292 e. The van der Waals surface area contributed by atoms with Gasteiger partial charge in [-0.15, -0.1) is 0 Å². The summed E-state index contributed by atoms with van der Waals surface area (Å²) in [7, 11) is 0. The average Bonchev–Trinajstić information content (AvgIpc) is 2.71. The first-order chi connectivity index (χ1) is 14.2. The molecule has 2 nitrogen and oxygen atoms in total. The molecule has 0 bridgehead atoms. The van der Waals surface area contributed by atoms with Crippen LogP contribution in [0.3, 0.4) is 0 Å². The van der Waals surface area contributed by atoms with E-state index in [1.807, 2.05) is 0 Å². The van der Waals surface area contributed by atoms with Gasteiger partial charge in [0.2, 0.25) is 0 Å². The van der Waals surface area contributed by atoms with Crippen LogP contribution in [0.1, 0.15) is 75.6 Å². The van der Waals surface area contributed by atoms with Gasteiger partial charge >= 0.3 is 0 Å². The number of hydrogen-bond acceptors (Lipinski definition) is 2. The Balaban J connectivity index is 1.91. The number of likely N-dealkylation sites (tertiary alicyclic amines) is 1. The molecule has 2 aromatic rings. The summed E-state index contributed by atoms with van der Waals surface area (Å²) in [5, 5.41) is 0. The third-order valence-electron chi connectivity index (χ3n) is 5.95. The highest BCUT2D eigenvalue weighted by molar-refractivity contribution is 6.14. The van der Waals surface area contributed by atoms with E-state index in [1.54, 1.807) is 0 Å². The van der Waals surface area contributed by atoms with Crippen molar-refractivity contribution >= 4 is 17.9 Å². The van der Waals surface area contributed by atoms with Gasteiger partial charge in [0.05, 0.1) is 0 Å². The van der Waals surface area contributed by atoms with Crippen LogP contribution in [0.5, 0.6) is 0 Å². The lowest BCUT2D eigenvalue weighted by atomic mass is 9.92. The molecule has 30 heavy (non-hydrogen) atoms. The van der Waals surface area contributed by atoms with Crippen LogP contribution in [0, 0.1) is 0 Å². The molecule has 0 amide bonds. The van der Waals surface area contributed by atoms with Crippen molar-refractivity contribution in [1.29, 1.82) is 0 Å². The monoisotopic (exact) mass is 401 g/mol. The first kappa shape index (κ1) is 22.2. The van der Waals surface area contributed by atoms with Gasteiger partial charge in [-0.2, -0.15) is 0 Å². The molecule has 158 valence electrons. The summed E-state index contributed by atoms with van der Waals surface area (Å²) < 4.78 is 0. The lowest BCUT2D eigenvalue weighted by molar-refractivity contribution is -0.113. The molecule has 0 atom stereocenters. The zero-order chi connectivity index (χ0) is 21.8. The van der Waals surface area contributed by atoms with Gasteiger partial charge in [0.15, 0.2) is 5.78 Å². The molecular formula is C28H35NO. The number of Topliss-reactive ketones (excluding diaryl/α,β-unsaturated/α-hetero) is 1. The van der Waals surface area contributed by atoms with Crippen molar-refractivity contribution in [3.8, 4) is 0 Å². The lowest BCUT2D eigenvalue weighted by Crippen LogP contribution is -2.41. The molecular weight excluding hydrogens is 366 g/mol. The second-order valence-corrected chi connectivity index (χ2v) is 9.31. The van der Waals surface area contributed by atoms with E-state index in [0.29, 0.717) is 31.0 Å². The van der Waals surface area contributed by atoms with E-state index in [0.717, 1.165) is 22.3 Å². The summed E-state index contributed by atoms with van der Waals surface area (Å²) in [4.78, 5) is 15.7. The highest BCUT2D eigenvalue weighted by Gasteiger charge is 2.27. The standard InChI is InChI=1S/C28H35NO/c1-19(2)24-11-7-22(8-12-24)15-26-17-29(21(5)6)18-27(28(26)30)16-23-9-13-25(14-10-23)20(3)4/h7-16,19-21H,17-18H2,1-6H3. The van der Waals surface area contributed by atoms with Gasteiger partial charge < -0.3 is 0 Å². The molecule has 0 aromatic heterocycles. The predicted molar refractivity (Wildman–Crippen MR) is 129 cm³/mol.